The summed E-state index contributed by atoms with van der Waals surface area (Å²) in [6, 6.07) is 0. The molecule has 0 fully saturated rings. The monoisotopic (exact) mass is 172 g/mol. The van der Waals surface area contributed by atoms with Gasteiger partial charge in [-0.1, -0.05) is 28.1 Å². The Morgan fingerprint density at radius 1 is 1.62 bits per heavy atom. The van der Waals surface area contributed by atoms with Crippen LogP contribution in [-0.4, -0.2) is 5.78 Å². The van der Waals surface area contributed by atoms with Crippen molar-refractivity contribution in [2.75, 3.05) is 0 Å². The van der Waals surface area contributed by atoms with Gasteiger partial charge in [-0.2, -0.15) is 0 Å². The van der Waals surface area contributed by atoms with Gasteiger partial charge in [0.2, 0.25) is 0 Å². The maximum absolute atomic E-state index is 10.5. The van der Waals surface area contributed by atoms with Gasteiger partial charge < -0.3 is 0 Å². The molecule has 0 spiro atoms. The molecule has 1 aliphatic rings. The van der Waals surface area contributed by atoms with Crippen LogP contribution in [0.2, 0.25) is 0 Å². The topological polar surface area (TPSA) is 17.1 Å². The van der Waals surface area contributed by atoms with Crippen molar-refractivity contribution in [1.82, 2.24) is 0 Å². The lowest BCUT2D eigenvalue weighted by atomic mass is 10.2. The van der Waals surface area contributed by atoms with E-state index in [4.69, 9.17) is 0 Å². The van der Waals surface area contributed by atoms with Gasteiger partial charge in [-0.3, -0.25) is 4.79 Å². The molecule has 0 saturated carbocycles. The van der Waals surface area contributed by atoms with E-state index in [1.54, 1.807) is 12.2 Å². The zero-order chi connectivity index (χ0) is 5.98. The summed E-state index contributed by atoms with van der Waals surface area (Å²) in [5, 5.41) is 0. The molecule has 0 heterocycles. The lowest BCUT2D eigenvalue weighted by Crippen LogP contribution is -1.94. The summed E-state index contributed by atoms with van der Waals surface area (Å²) in [5.41, 5.74) is 0. The highest BCUT2D eigenvalue weighted by molar-refractivity contribution is 9.11. The molecule has 0 aromatic heterocycles. The molecule has 0 N–H and O–H groups in total. The Kier molecular flexibility index (Phi) is 1.63. The van der Waals surface area contributed by atoms with Gasteiger partial charge in [-0.15, -0.1) is 0 Å². The second-order valence-corrected chi connectivity index (χ2v) is 2.63. The number of allylic oxidation sites excluding steroid dienone is 4. The van der Waals surface area contributed by atoms with Crippen molar-refractivity contribution in [2.45, 2.75) is 6.42 Å². The number of hydrogen-bond donors (Lipinski definition) is 0. The molecule has 42 valence electrons. The fourth-order valence-corrected chi connectivity index (χ4v) is 0.973. The van der Waals surface area contributed by atoms with Gasteiger partial charge >= 0.3 is 0 Å². The Morgan fingerprint density at radius 2 is 2.38 bits per heavy atom. The molecular weight excluding hydrogens is 168 g/mol. The largest absolute Gasteiger partial charge is 0.294 e. The number of ketones is 1. The predicted octanol–water partition coefficient (Wildman–Crippen LogP) is 1.79. The van der Waals surface area contributed by atoms with Gasteiger partial charge in [0.05, 0.1) is 0 Å². The summed E-state index contributed by atoms with van der Waals surface area (Å²) < 4.78 is 0.963. The molecule has 1 rings (SSSR count). The summed E-state index contributed by atoms with van der Waals surface area (Å²) in [5.74, 6) is 0.166. The van der Waals surface area contributed by atoms with Gasteiger partial charge in [-0.25, -0.2) is 0 Å². The molecule has 0 amide bonds. The van der Waals surface area contributed by atoms with E-state index in [-0.39, 0.29) is 5.78 Å². The highest BCUT2D eigenvalue weighted by atomic mass is 79.9. The highest BCUT2D eigenvalue weighted by Crippen LogP contribution is 2.14. The van der Waals surface area contributed by atoms with Crippen molar-refractivity contribution in [3.8, 4) is 0 Å². The summed E-state index contributed by atoms with van der Waals surface area (Å²) in [6.07, 6.45) is 5.72. The van der Waals surface area contributed by atoms with Crippen molar-refractivity contribution >= 4 is 21.7 Å². The lowest BCUT2D eigenvalue weighted by molar-refractivity contribution is -0.113. The number of hydrogen-bond acceptors (Lipinski definition) is 1. The van der Waals surface area contributed by atoms with Crippen molar-refractivity contribution in [2.24, 2.45) is 0 Å². The van der Waals surface area contributed by atoms with Crippen molar-refractivity contribution in [3.05, 3.63) is 22.7 Å². The Bertz CT molecular complexity index is 167. The van der Waals surface area contributed by atoms with Crippen molar-refractivity contribution in [1.29, 1.82) is 0 Å². The first-order valence-corrected chi connectivity index (χ1v) is 3.14. The fraction of sp³-hybridized carbons (Fsp3) is 0.167. The van der Waals surface area contributed by atoms with Crippen LogP contribution in [0.1, 0.15) is 6.42 Å². The smallest absolute Gasteiger partial charge is 0.160 e. The van der Waals surface area contributed by atoms with E-state index in [1.807, 2.05) is 6.08 Å². The van der Waals surface area contributed by atoms with E-state index in [0.717, 1.165) is 4.48 Å². The number of carbonyl (C=O) groups excluding carboxylic acids is 1. The standard InChI is InChI=1S/C6H5BrO/c7-5-2-1-3-6(8)4-5/h1-3H,4H2. The highest BCUT2D eigenvalue weighted by Gasteiger charge is 2.01. The molecule has 0 aliphatic heterocycles. The van der Waals surface area contributed by atoms with Gasteiger partial charge in [0, 0.05) is 10.9 Å². The van der Waals surface area contributed by atoms with Gasteiger partial charge in [0.25, 0.3) is 0 Å². The van der Waals surface area contributed by atoms with E-state index in [2.05, 4.69) is 15.9 Å². The van der Waals surface area contributed by atoms with Gasteiger partial charge in [0.15, 0.2) is 5.78 Å². The average molecular weight is 173 g/mol. The molecule has 2 heteroatoms. The van der Waals surface area contributed by atoms with Gasteiger partial charge in [-0.05, 0) is 6.08 Å². The third-order valence-corrected chi connectivity index (χ3v) is 1.45. The van der Waals surface area contributed by atoms with E-state index in [0.29, 0.717) is 6.42 Å². The van der Waals surface area contributed by atoms with Crippen molar-refractivity contribution in [3.63, 3.8) is 0 Å². The molecule has 0 unspecified atom stereocenters. The minimum atomic E-state index is 0.166. The predicted molar refractivity (Wildman–Crippen MR) is 35.8 cm³/mol. The molecule has 0 radical (unpaired) electrons. The van der Waals surface area contributed by atoms with E-state index in [9.17, 15) is 4.79 Å². The van der Waals surface area contributed by atoms with E-state index >= 15 is 0 Å². The molecule has 0 aromatic rings. The first kappa shape index (κ1) is 5.76. The summed E-state index contributed by atoms with van der Waals surface area (Å²) >= 11 is 3.22. The Morgan fingerprint density at radius 3 is 2.75 bits per heavy atom. The van der Waals surface area contributed by atoms with Crippen LogP contribution in [-0.2, 0) is 4.79 Å². The third kappa shape index (κ3) is 1.30. The fourth-order valence-electron chi connectivity index (χ4n) is 0.544. The minimum absolute atomic E-state index is 0.166. The Hall–Kier alpha value is -0.370. The maximum atomic E-state index is 10.5. The molecule has 0 atom stereocenters. The quantitative estimate of drug-likeness (QED) is 0.545. The summed E-state index contributed by atoms with van der Waals surface area (Å²) in [4.78, 5) is 10.5. The summed E-state index contributed by atoms with van der Waals surface area (Å²) in [6.45, 7) is 0. The van der Waals surface area contributed by atoms with Crippen LogP contribution in [0.5, 0.6) is 0 Å². The van der Waals surface area contributed by atoms with Crippen LogP contribution in [0.3, 0.4) is 0 Å². The number of rotatable bonds is 0. The van der Waals surface area contributed by atoms with Crippen LogP contribution in [0.4, 0.5) is 0 Å². The molecule has 0 aromatic carbocycles. The number of carbonyl (C=O) groups is 1. The maximum Gasteiger partial charge on any atom is 0.160 e. The molecule has 0 bridgehead atoms. The molecule has 1 nitrogen and oxygen atoms in total. The van der Waals surface area contributed by atoms with Gasteiger partial charge in [0.1, 0.15) is 0 Å². The normalized spacial score (nSPS) is 18.6. The number of halogens is 1. The minimum Gasteiger partial charge on any atom is -0.294 e. The van der Waals surface area contributed by atoms with Crippen LogP contribution in [0.25, 0.3) is 0 Å². The van der Waals surface area contributed by atoms with E-state index < -0.39 is 0 Å². The zero-order valence-electron chi connectivity index (χ0n) is 4.23. The third-order valence-electron chi connectivity index (χ3n) is 0.902. The van der Waals surface area contributed by atoms with E-state index in [1.165, 1.54) is 0 Å². The first-order valence-electron chi connectivity index (χ1n) is 2.34. The first-order chi connectivity index (χ1) is 3.79. The Balaban J connectivity index is 2.73. The van der Waals surface area contributed by atoms with Crippen molar-refractivity contribution < 1.29 is 4.79 Å². The van der Waals surface area contributed by atoms with Crippen LogP contribution < -0.4 is 0 Å². The molecule has 1 aliphatic carbocycles. The lowest BCUT2D eigenvalue weighted by Gasteiger charge is -1.96. The zero-order valence-corrected chi connectivity index (χ0v) is 5.81. The van der Waals surface area contributed by atoms with Crippen LogP contribution in [0, 0.1) is 0 Å². The molecule has 0 saturated heterocycles. The van der Waals surface area contributed by atoms with Crippen LogP contribution >= 0.6 is 15.9 Å². The second-order valence-electron chi connectivity index (χ2n) is 1.62. The van der Waals surface area contributed by atoms with Crippen LogP contribution in [0.15, 0.2) is 22.7 Å². The second kappa shape index (κ2) is 2.27. The summed E-state index contributed by atoms with van der Waals surface area (Å²) in [7, 11) is 0. The SMILES string of the molecule is O=C1C=CC=C(Br)C1. The molecular formula is C6H5BrO. The Labute approximate surface area is 56.2 Å². The average Bonchev–Trinajstić information content (AvgIpc) is 1.64. The molecule has 8 heavy (non-hydrogen) atoms.